The van der Waals surface area contributed by atoms with Crippen LogP contribution in [-0.2, 0) is 7.05 Å². The van der Waals surface area contributed by atoms with E-state index in [1.807, 2.05) is 24.3 Å². The molecule has 1 aromatic heterocycles. The molecule has 2 aliphatic rings. The molecule has 0 amide bonds. The zero-order chi connectivity index (χ0) is 28.9. The summed E-state index contributed by atoms with van der Waals surface area (Å²) in [7, 11) is 5.99. The maximum absolute atomic E-state index is 5.79. The topological polar surface area (TPSA) is 67.3 Å². The summed E-state index contributed by atoms with van der Waals surface area (Å²) >= 11 is 0. The minimum Gasteiger partial charge on any atom is -1.00 e. The second-order valence-electron chi connectivity index (χ2n) is 13.7. The Labute approximate surface area is 267 Å². The Morgan fingerprint density at radius 3 is 1.86 bits per heavy atom. The fourth-order valence-electron chi connectivity index (χ4n) is 6.02. The van der Waals surface area contributed by atoms with Crippen molar-refractivity contribution in [1.29, 1.82) is 0 Å². The van der Waals surface area contributed by atoms with Crippen LogP contribution < -0.4 is 50.6 Å². The van der Waals surface area contributed by atoms with Gasteiger partial charge in [-0.15, -0.1) is 0 Å². The number of hydrogen-bond donors (Lipinski definition) is 2. The second kappa shape index (κ2) is 15.4. The number of nitrogens with two attached hydrogens (primary N) is 2. The minimum atomic E-state index is -0.900. The van der Waals surface area contributed by atoms with Gasteiger partial charge in [0.1, 0.15) is 24.5 Å². The molecular weight excluding hydrogens is 581 g/mol. The van der Waals surface area contributed by atoms with Crippen LogP contribution in [-0.4, -0.2) is 70.0 Å². The molecule has 0 radical (unpaired) electrons. The summed E-state index contributed by atoms with van der Waals surface area (Å²) in [6, 6.07) is 19.3. The first-order valence-electron chi connectivity index (χ1n) is 15.0. The molecule has 2 saturated heterocycles. The third kappa shape index (κ3) is 10.1. The van der Waals surface area contributed by atoms with E-state index in [1.165, 1.54) is 56.3 Å². The molecule has 42 heavy (non-hydrogen) atoms. The lowest BCUT2D eigenvalue weighted by Gasteiger charge is -2.37. The Morgan fingerprint density at radius 1 is 0.833 bits per heavy atom. The molecule has 2 atom stereocenters. The fraction of sp³-hybridized carbons (Fsp3) is 0.531. The van der Waals surface area contributed by atoms with Gasteiger partial charge in [-0.1, -0.05) is 25.7 Å². The predicted molar refractivity (Wildman–Crippen MR) is 174 cm³/mol. The average molecular weight is 635 g/mol. The molecule has 2 fully saturated rings. The van der Waals surface area contributed by atoms with E-state index in [2.05, 4.69) is 103 Å². The Hall–Kier alpha value is -2.39. The highest BCUT2D eigenvalue weighted by molar-refractivity contribution is 6.76. The van der Waals surface area contributed by atoms with Gasteiger partial charge in [0.15, 0.2) is 0 Å². The highest BCUT2D eigenvalue weighted by Crippen LogP contribution is 2.28. The number of aryl methyl sites for hydroxylation is 1. The van der Waals surface area contributed by atoms with Crippen LogP contribution >= 0.6 is 0 Å². The van der Waals surface area contributed by atoms with Crippen molar-refractivity contribution in [3.05, 3.63) is 67.3 Å². The van der Waals surface area contributed by atoms with E-state index in [1.54, 1.807) is 0 Å². The van der Waals surface area contributed by atoms with Crippen LogP contribution in [0, 0.1) is 0 Å². The number of likely N-dealkylation sites (N-methyl/N-ethyl adjacent to an activating group) is 1. The number of benzene rings is 2. The smallest absolute Gasteiger partial charge is 0.243 e. The second-order valence-corrected chi connectivity index (χ2v) is 19.3. The summed E-state index contributed by atoms with van der Waals surface area (Å²) < 4.78 is 5.55. The number of hydrogen-bond acceptors (Lipinski definition) is 4. The molecule has 2 unspecified atom stereocenters. The first-order chi connectivity index (χ1) is 18.9. The molecule has 0 spiro atoms. The van der Waals surface area contributed by atoms with Crippen LogP contribution in [0.5, 0.6) is 0 Å². The third-order valence-electron chi connectivity index (χ3n) is 8.70. The van der Waals surface area contributed by atoms with Crippen molar-refractivity contribution in [2.75, 3.05) is 68.1 Å². The van der Waals surface area contributed by atoms with Crippen molar-refractivity contribution in [3.8, 4) is 0 Å². The highest BCUT2D eigenvalue weighted by atomic mass is 35.5. The minimum absolute atomic E-state index is 0. The number of nitrogen functional groups attached to an aromatic ring is 2. The van der Waals surface area contributed by atoms with Gasteiger partial charge in [-0.2, -0.15) is 0 Å². The monoisotopic (exact) mass is 633 g/mol. The zero-order valence-corrected chi connectivity index (χ0v) is 29.0. The van der Waals surface area contributed by atoms with Gasteiger partial charge in [0.25, 0.3) is 0 Å². The first-order valence-corrected chi connectivity index (χ1v) is 18.7. The summed E-state index contributed by atoms with van der Waals surface area (Å²) in [5.41, 5.74) is 15.8. The fourth-order valence-corrected chi connectivity index (χ4v) is 7.24. The highest BCUT2D eigenvalue weighted by Gasteiger charge is 2.35. The lowest BCUT2D eigenvalue weighted by molar-refractivity contribution is -0.912. The number of rotatable bonds is 8. The molecule has 2 aromatic carbocycles. The van der Waals surface area contributed by atoms with Crippen molar-refractivity contribution in [1.82, 2.24) is 4.57 Å². The van der Waals surface area contributed by atoms with Crippen molar-refractivity contribution < 1.29 is 33.9 Å². The van der Waals surface area contributed by atoms with Gasteiger partial charge in [-0.25, -0.2) is 9.13 Å². The summed E-state index contributed by atoms with van der Waals surface area (Å²) in [4.78, 5) is 4.94. The van der Waals surface area contributed by atoms with E-state index >= 15 is 0 Å². The van der Waals surface area contributed by atoms with Crippen LogP contribution in [0.1, 0.15) is 25.3 Å². The van der Waals surface area contributed by atoms with Crippen LogP contribution in [0.3, 0.4) is 0 Å². The summed E-state index contributed by atoms with van der Waals surface area (Å²) in [5, 5.41) is 0. The first kappa shape index (κ1) is 35.8. The van der Waals surface area contributed by atoms with Gasteiger partial charge in [0.05, 0.1) is 40.8 Å². The Bertz CT molecular complexity index is 1210. The van der Waals surface area contributed by atoms with Crippen molar-refractivity contribution in [2.24, 2.45) is 7.05 Å². The van der Waals surface area contributed by atoms with Gasteiger partial charge in [0.2, 0.25) is 6.33 Å². The molecule has 10 heteroatoms. The number of nitrogens with zero attached hydrogens (tertiary/aromatic N) is 5. The largest absolute Gasteiger partial charge is 1.00 e. The maximum Gasteiger partial charge on any atom is 0.243 e. The number of quaternary nitrogens is 1. The molecule has 7 nitrogen and oxygen atoms in total. The standard InChI is InChI=1S/C18H34N3Si.C14H19N4.2ClH/c1-21(2,13-6-14-22(3,4)5)18-11-12-20(15-18)17-9-7-16(19)8-10-17;1-16-8-9-18(11-16)14-6-7-17(10-14)13-4-2-12(15)3-5-13;;/h7-10,18H,6,11-15,19H2,1-5H3;2-5,8-9,11,14H,6-7,10,15H2,1H3;2*1H/q2*+1;;/p-2. The van der Waals surface area contributed by atoms with E-state index in [9.17, 15) is 0 Å². The van der Waals surface area contributed by atoms with Crippen LogP contribution in [0.15, 0.2) is 67.3 Å². The quantitative estimate of drug-likeness (QED) is 0.145. The van der Waals surface area contributed by atoms with Gasteiger partial charge in [-0.3, -0.25) is 0 Å². The molecule has 0 saturated carbocycles. The van der Waals surface area contributed by atoms with E-state index < -0.39 is 8.07 Å². The summed E-state index contributed by atoms with van der Waals surface area (Å²) in [6.07, 6.45) is 10.3. The van der Waals surface area contributed by atoms with Crippen molar-refractivity contribution in [3.63, 3.8) is 0 Å². The number of imidazole rings is 1. The molecule has 5 rings (SSSR count). The van der Waals surface area contributed by atoms with E-state index in [0.29, 0.717) is 6.04 Å². The molecule has 3 aromatic rings. The molecule has 4 N–H and O–H groups in total. The van der Waals surface area contributed by atoms with Gasteiger partial charge in [0, 0.05) is 56.8 Å². The molecule has 234 valence electrons. The maximum atomic E-state index is 5.79. The van der Waals surface area contributed by atoms with Crippen LogP contribution in [0.25, 0.3) is 0 Å². The van der Waals surface area contributed by atoms with Crippen LogP contribution in [0.2, 0.25) is 25.7 Å². The van der Waals surface area contributed by atoms with E-state index in [0.717, 1.165) is 35.0 Å². The van der Waals surface area contributed by atoms with E-state index in [4.69, 9.17) is 11.5 Å². The molecule has 0 bridgehead atoms. The Balaban J connectivity index is 0.000000284. The van der Waals surface area contributed by atoms with E-state index in [-0.39, 0.29) is 24.8 Å². The lowest BCUT2D eigenvalue weighted by Crippen LogP contribution is -3.00. The normalized spacial score (nSPS) is 18.6. The van der Waals surface area contributed by atoms with Crippen molar-refractivity contribution >= 4 is 30.8 Å². The summed E-state index contributed by atoms with van der Waals surface area (Å²) in [5.74, 6) is 0. The SMILES string of the molecule is C[N+](C)(CCC[Si](C)(C)C)C1CCN(c2ccc(N)cc2)C1.C[n+]1ccn(C2CCN(c3ccc(N)cc3)C2)c1.[Cl-].[Cl-]. The Kier molecular flexibility index (Phi) is 13.1. The number of anilines is 4. The van der Waals surface area contributed by atoms with Gasteiger partial charge < -0.3 is 50.6 Å². The lowest BCUT2D eigenvalue weighted by atomic mass is 10.2. The Morgan fingerprint density at radius 2 is 1.36 bits per heavy atom. The van der Waals surface area contributed by atoms with Gasteiger partial charge >= 0.3 is 0 Å². The third-order valence-corrected chi connectivity index (χ3v) is 10.6. The molecule has 3 heterocycles. The molecule has 0 aliphatic carbocycles. The van der Waals surface area contributed by atoms with Crippen LogP contribution in [0.4, 0.5) is 22.7 Å². The molecular formula is C32H53Cl2N7Si. The molecule has 2 aliphatic heterocycles. The predicted octanol–water partition coefficient (Wildman–Crippen LogP) is -0.994. The number of aromatic nitrogens is 2. The summed E-state index contributed by atoms with van der Waals surface area (Å²) in [6.45, 7) is 13.3. The number of halogens is 2. The van der Waals surface area contributed by atoms with Gasteiger partial charge in [-0.05, 0) is 55.0 Å². The van der Waals surface area contributed by atoms with Crippen molar-refractivity contribution in [2.45, 2.75) is 57.0 Å². The average Bonchev–Trinajstić information content (AvgIpc) is 3.66. The zero-order valence-electron chi connectivity index (χ0n) is 26.5.